The van der Waals surface area contributed by atoms with Crippen molar-refractivity contribution in [1.29, 1.82) is 0 Å². The molecule has 0 aromatic heterocycles. The highest BCUT2D eigenvalue weighted by Crippen LogP contribution is 2.51. The molecule has 2 unspecified atom stereocenters. The van der Waals surface area contributed by atoms with Crippen LogP contribution in [0.3, 0.4) is 0 Å². The lowest BCUT2D eigenvalue weighted by Gasteiger charge is -2.43. The van der Waals surface area contributed by atoms with Crippen molar-refractivity contribution < 1.29 is 0 Å². The molecule has 0 aromatic rings. The van der Waals surface area contributed by atoms with Gasteiger partial charge >= 0.3 is 0 Å². The zero-order chi connectivity index (χ0) is 9.05. The van der Waals surface area contributed by atoms with Crippen LogP contribution in [-0.4, -0.2) is 12.1 Å². The zero-order valence-electron chi connectivity index (χ0n) is 8.84. The van der Waals surface area contributed by atoms with E-state index in [0.717, 1.165) is 23.9 Å². The molecule has 3 saturated carbocycles. The third kappa shape index (κ3) is 1.63. The molecule has 0 bridgehead atoms. The van der Waals surface area contributed by atoms with Crippen LogP contribution in [0, 0.1) is 17.3 Å². The van der Waals surface area contributed by atoms with E-state index in [2.05, 4.69) is 19.2 Å². The Bertz CT molecular complexity index is 209. The zero-order valence-corrected chi connectivity index (χ0v) is 8.84. The van der Waals surface area contributed by atoms with Crippen LogP contribution in [0.25, 0.3) is 0 Å². The van der Waals surface area contributed by atoms with Gasteiger partial charge in [0.25, 0.3) is 0 Å². The van der Waals surface area contributed by atoms with Gasteiger partial charge in [-0.1, -0.05) is 13.8 Å². The predicted octanol–water partition coefficient (Wildman–Crippen LogP) is 2.56. The molecule has 3 aliphatic carbocycles. The van der Waals surface area contributed by atoms with E-state index in [1.54, 1.807) is 0 Å². The van der Waals surface area contributed by atoms with Gasteiger partial charge in [-0.2, -0.15) is 0 Å². The van der Waals surface area contributed by atoms with E-state index >= 15 is 0 Å². The molecule has 0 saturated heterocycles. The van der Waals surface area contributed by atoms with Crippen molar-refractivity contribution >= 4 is 0 Å². The Morgan fingerprint density at radius 2 is 1.85 bits per heavy atom. The summed E-state index contributed by atoms with van der Waals surface area (Å²) in [4.78, 5) is 0. The lowest BCUT2D eigenvalue weighted by Crippen LogP contribution is -2.47. The fraction of sp³-hybridized carbons (Fsp3) is 1.00. The molecule has 3 rings (SSSR count). The molecule has 3 aliphatic rings. The van der Waals surface area contributed by atoms with Gasteiger partial charge in [0.05, 0.1) is 0 Å². The molecule has 0 aromatic carbocycles. The van der Waals surface area contributed by atoms with Gasteiger partial charge in [0.2, 0.25) is 0 Å². The van der Waals surface area contributed by atoms with Gasteiger partial charge in [-0.15, -0.1) is 0 Å². The maximum atomic E-state index is 3.82. The average molecular weight is 179 g/mol. The molecule has 0 radical (unpaired) electrons. The van der Waals surface area contributed by atoms with Crippen LogP contribution < -0.4 is 5.32 Å². The summed E-state index contributed by atoms with van der Waals surface area (Å²) in [6.07, 6.45) is 7.35. The Balaban J connectivity index is 1.41. The summed E-state index contributed by atoms with van der Waals surface area (Å²) >= 11 is 0. The van der Waals surface area contributed by atoms with Gasteiger partial charge < -0.3 is 5.32 Å². The summed E-state index contributed by atoms with van der Waals surface area (Å²) < 4.78 is 0. The minimum absolute atomic E-state index is 0.641. The maximum Gasteiger partial charge on any atom is 0.0104 e. The summed E-state index contributed by atoms with van der Waals surface area (Å²) in [5.41, 5.74) is 0.641. The minimum atomic E-state index is 0.641. The lowest BCUT2D eigenvalue weighted by atomic mass is 9.68. The first kappa shape index (κ1) is 8.28. The second-order valence-corrected chi connectivity index (χ2v) is 6.28. The monoisotopic (exact) mass is 179 g/mol. The SMILES string of the molecule is CC1(C)CC(NC2CC2C2CC2)C1. The van der Waals surface area contributed by atoms with Crippen molar-refractivity contribution in [3.8, 4) is 0 Å². The van der Waals surface area contributed by atoms with Crippen LogP contribution in [-0.2, 0) is 0 Å². The van der Waals surface area contributed by atoms with Gasteiger partial charge in [-0.3, -0.25) is 0 Å². The largest absolute Gasteiger partial charge is 0.311 e. The van der Waals surface area contributed by atoms with Gasteiger partial charge in [-0.25, -0.2) is 0 Å². The van der Waals surface area contributed by atoms with E-state index in [9.17, 15) is 0 Å². The number of hydrogen-bond donors (Lipinski definition) is 1. The van der Waals surface area contributed by atoms with Gasteiger partial charge in [-0.05, 0) is 49.4 Å². The summed E-state index contributed by atoms with van der Waals surface area (Å²) in [6, 6.07) is 1.79. The molecule has 3 fully saturated rings. The van der Waals surface area contributed by atoms with Gasteiger partial charge in [0, 0.05) is 12.1 Å². The van der Waals surface area contributed by atoms with Crippen molar-refractivity contribution in [2.24, 2.45) is 17.3 Å². The van der Waals surface area contributed by atoms with E-state index in [1.165, 1.54) is 32.1 Å². The molecule has 0 amide bonds. The second-order valence-electron chi connectivity index (χ2n) is 6.28. The third-order valence-corrected chi connectivity index (χ3v) is 4.12. The van der Waals surface area contributed by atoms with Crippen LogP contribution in [0.1, 0.15) is 46.0 Å². The molecule has 0 aliphatic heterocycles. The highest BCUT2D eigenvalue weighted by molar-refractivity contribution is 5.05. The van der Waals surface area contributed by atoms with Crippen LogP contribution in [0.4, 0.5) is 0 Å². The number of hydrogen-bond acceptors (Lipinski definition) is 1. The Hall–Kier alpha value is -0.0400. The van der Waals surface area contributed by atoms with Crippen molar-refractivity contribution in [2.75, 3.05) is 0 Å². The van der Waals surface area contributed by atoms with Crippen molar-refractivity contribution in [2.45, 2.75) is 58.0 Å². The van der Waals surface area contributed by atoms with Gasteiger partial charge in [0.15, 0.2) is 0 Å². The third-order valence-electron chi connectivity index (χ3n) is 4.12. The molecule has 2 atom stereocenters. The first-order valence-corrected chi connectivity index (χ1v) is 5.90. The van der Waals surface area contributed by atoms with Crippen LogP contribution in [0.2, 0.25) is 0 Å². The van der Waals surface area contributed by atoms with Crippen LogP contribution >= 0.6 is 0 Å². The van der Waals surface area contributed by atoms with Crippen molar-refractivity contribution in [3.05, 3.63) is 0 Å². The quantitative estimate of drug-likeness (QED) is 0.702. The maximum absolute atomic E-state index is 3.82. The van der Waals surface area contributed by atoms with E-state index < -0.39 is 0 Å². The van der Waals surface area contributed by atoms with Gasteiger partial charge in [0.1, 0.15) is 0 Å². The van der Waals surface area contributed by atoms with Crippen LogP contribution in [0.5, 0.6) is 0 Å². The molecular formula is C12H21N. The number of rotatable bonds is 3. The van der Waals surface area contributed by atoms with Crippen LogP contribution in [0.15, 0.2) is 0 Å². The van der Waals surface area contributed by atoms with E-state index in [0.29, 0.717) is 5.41 Å². The predicted molar refractivity (Wildman–Crippen MR) is 54.6 cm³/mol. The average Bonchev–Trinajstić information content (AvgIpc) is 2.75. The molecule has 74 valence electrons. The fourth-order valence-electron chi connectivity index (χ4n) is 3.15. The molecular weight excluding hydrogens is 158 g/mol. The summed E-state index contributed by atoms with van der Waals surface area (Å²) in [6.45, 7) is 4.77. The standard InChI is InChI=1S/C12H21N/c1-12(2)6-9(7-12)13-11-5-10(11)8-3-4-8/h8-11,13H,3-7H2,1-2H3. The fourth-order valence-corrected chi connectivity index (χ4v) is 3.15. The Kier molecular flexibility index (Phi) is 1.59. The summed E-state index contributed by atoms with van der Waals surface area (Å²) in [5.74, 6) is 2.22. The molecule has 1 nitrogen and oxygen atoms in total. The van der Waals surface area contributed by atoms with E-state index in [-0.39, 0.29) is 0 Å². The Labute approximate surface area is 81.3 Å². The summed E-state index contributed by atoms with van der Waals surface area (Å²) in [7, 11) is 0. The smallest absolute Gasteiger partial charge is 0.0104 e. The molecule has 1 N–H and O–H groups in total. The molecule has 0 heterocycles. The highest BCUT2D eigenvalue weighted by Gasteiger charge is 2.49. The highest BCUT2D eigenvalue weighted by atomic mass is 15.0. The van der Waals surface area contributed by atoms with Crippen molar-refractivity contribution in [3.63, 3.8) is 0 Å². The van der Waals surface area contributed by atoms with E-state index in [1.807, 2.05) is 0 Å². The number of nitrogens with one attached hydrogen (secondary N) is 1. The van der Waals surface area contributed by atoms with E-state index in [4.69, 9.17) is 0 Å². The first-order chi connectivity index (χ1) is 6.14. The Morgan fingerprint density at radius 1 is 1.15 bits per heavy atom. The topological polar surface area (TPSA) is 12.0 Å². The molecule has 0 spiro atoms. The summed E-state index contributed by atoms with van der Waals surface area (Å²) in [5, 5.41) is 3.82. The normalized spacial score (nSPS) is 42.9. The van der Waals surface area contributed by atoms with Crippen molar-refractivity contribution in [1.82, 2.24) is 5.32 Å². The molecule has 1 heteroatoms. The Morgan fingerprint density at radius 3 is 2.38 bits per heavy atom. The second kappa shape index (κ2) is 2.50. The minimum Gasteiger partial charge on any atom is -0.311 e. The molecule has 13 heavy (non-hydrogen) atoms. The lowest BCUT2D eigenvalue weighted by molar-refractivity contribution is 0.123. The first-order valence-electron chi connectivity index (χ1n) is 5.90.